The molecule has 1 atom stereocenters. The van der Waals surface area contributed by atoms with Crippen LogP contribution in [0.15, 0.2) is 35.1 Å². The average molecular weight is 224 g/mol. The van der Waals surface area contributed by atoms with E-state index in [1.54, 1.807) is 24.5 Å². The maximum absolute atomic E-state index is 5.96. The van der Waals surface area contributed by atoms with E-state index in [0.29, 0.717) is 22.2 Å². The summed E-state index contributed by atoms with van der Waals surface area (Å²) in [5.41, 5.74) is 12.3. The normalized spacial score (nSPS) is 12.7. The van der Waals surface area contributed by atoms with E-state index >= 15 is 0 Å². The highest BCUT2D eigenvalue weighted by Gasteiger charge is 2.15. The largest absolute Gasteiger partial charge is 0.467 e. The Morgan fingerprint density at radius 3 is 2.93 bits per heavy atom. The summed E-state index contributed by atoms with van der Waals surface area (Å²) in [6.45, 7) is 0. The molecule has 1 unspecified atom stereocenters. The average Bonchev–Trinajstić information content (AvgIpc) is 2.74. The summed E-state index contributed by atoms with van der Waals surface area (Å²) in [4.78, 5) is 3.93. The van der Waals surface area contributed by atoms with Crippen LogP contribution in [0.5, 0.6) is 0 Å². The lowest BCUT2D eigenvalue weighted by Crippen LogP contribution is -2.13. The van der Waals surface area contributed by atoms with Gasteiger partial charge in [-0.05, 0) is 18.2 Å². The molecule has 0 saturated heterocycles. The molecule has 0 aliphatic heterocycles. The van der Waals surface area contributed by atoms with Gasteiger partial charge in [-0.15, -0.1) is 0 Å². The Hall–Kier alpha value is -1.52. The molecule has 5 heteroatoms. The number of nitrogens with two attached hydrogens (primary N) is 2. The summed E-state index contributed by atoms with van der Waals surface area (Å²) in [6, 6.07) is 4.80. The summed E-state index contributed by atoms with van der Waals surface area (Å²) in [6.07, 6.45) is 3.04. The number of pyridine rings is 1. The topological polar surface area (TPSA) is 78.1 Å². The zero-order valence-corrected chi connectivity index (χ0v) is 8.61. The molecule has 0 fully saturated rings. The molecular formula is C10H10ClN3O. The summed E-state index contributed by atoms with van der Waals surface area (Å²) >= 11 is 5.82. The van der Waals surface area contributed by atoms with Gasteiger partial charge in [0.1, 0.15) is 11.6 Å². The van der Waals surface area contributed by atoms with Gasteiger partial charge in [0.15, 0.2) is 0 Å². The molecule has 0 bridgehead atoms. The molecule has 78 valence electrons. The maximum Gasteiger partial charge on any atom is 0.128 e. The second-order valence-corrected chi connectivity index (χ2v) is 3.56. The smallest absolute Gasteiger partial charge is 0.128 e. The molecule has 2 aromatic heterocycles. The van der Waals surface area contributed by atoms with Crippen molar-refractivity contribution < 1.29 is 4.42 Å². The predicted octanol–water partition coefficient (Wildman–Crippen LogP) is 1.96. The molecule has 2 heterocycles. The molecule has 0 amide bonds. The summed E-state index contributed by atoms with van der Waals surface area (Å²) in [7, 11) is 0. The first-order valence-electron chi connectivity index (χ1n) is 4.38. The number of rotatable bonds is 2. The highest BCUT2D eigenvalue weighted by molar-refractivity contribution is 6.30. The number of nitrogens with zero attached hydrogens (tertiary/aromatic N) is 1. The van der Waals surface area contributed by atoms with Crippen LogP contribution in [0.2, 0.25) is 5.02 Å². The quantitative estimate of drug-likeness (QED) is 0.816. The third kappa shape index (κ3) is 1.95. The van der Waals surface area contributed by atoms with Gasteiger partial charge in [-0.25, -0.2) is 4.98 Å². The zero-order chi connectivity index (χ0) is 10.8. The Labute approximate surface area is 91.9 Å². The number of aromatic nitrogens is 1. The maximum atomic E-state index is 5.96. The first kappa shape index (κ1) is 10.0. The van der Waals surface area contributed by atoms with Crippen LogP contribution in [0.25, 0.3) is 0 Å². The molecule has 0 aliphatic rings. The Morgan fingerprint density at radius 2 is 2.27 bits per heavy atom. The highest BCUT2D eigenvalue weighted by atomic mass is 35.5. The minimum absolute atomic E-state index is 0.364. The lowest BCUT2D eigenvalue weighted by molar-refractivity contribution is 0.490. The minimum atomic E-state index is -0.439. The van der Waals surface area contributed by atoms with Gasteiger partial charge in [0, 0.05) is 11.8 Å². The molecule has 0 radical (unpaired) electrons. The second kappa shape index (κ2) is 3.92. The first-order valence-corrected chi connectivity index (χ1v) is 4.76. The fraction of sp³-hybridized carbons (Fsp3) is 0.100. The van der Waals surface area contributed by atoms with Gasteiger partial charge in [0.2, 0.25) is 0 Å². The number of anilines is 1. The van der Waals surface area contributed by atoms with E-state index in [-0.39, 0.29) is 0 Å². The highest BCUT2D eigenvalue weighted by Crippen LogP contribution is 2.25. The van der Waals surface area contributed by atoms with Gasteiger partial charge in [-0.1, -0.05) is 11.6 Å². The van der Waals surface area contributed by atoms with E-state index in [9.17, 15) is 0 Å². The van der Waals surface area contributed by atoms with Crippen LogP contribution < -0.4 is 11.5 Å². The van der Waals surface area contributed by atoms with Crippen molar-refractivity contribution >= 4 is 17.4 Å². The van der Waals surface area contributed by atoms with Crippen molar-refractivity contribution in [2.45, 2.75) is 6.04 Å². The number of halogens is 1. The Kier molecular flexibility index (Phi) is 2.62. The van der Waals surface area contributed by atoms with Crippen LogP contribution in [0.1, 0.15) is 17.4 Å². The molecule has 4 nitrogen and oxygen atoms in total. The van der Waals surface area contributed by atoms with Gasteiger partial charge < -0.3 is 15.9 Å². The Bertz CT molecular complexity index is 456. The molecule has 0 aliphatic carbocycles. The van der Waals surface area contributed by atoms with E-state index in [4.69, 9.17) is 27.5 Å². The third-order valence-corrected chi connectivity index (χ3v) is 2.31. The molecule has 4 N–H and O–H groups in total. The van der Waals surface area contributed by atoms with Crippen molar-refractivity contribution in [3.8, 4) is 0 Å². The van der Waals surface area contributed by atoms with Crippen molar-refractivity contribution in [2.24, 2.45) is 5.73 Å². The predicted molar refractivity (Wildman–Crippen MR) is 58.4 cm³/mol. The summed E-state index contributed by atoms with van der Waals surface area (Å²) in [5.74, 6) is 0.995. The fourth-order valence-corrected chi connectivity index (χ4v) is 1.50. The minimum Gasteiger partial charge on any atom is -0.467 e. The molecule has 0 aromatic carbocycles. The van der Waals surface area contributed by atoms with Crippen molar-refractivity contribution in [3.05, 3.63) is 47.0 Å². The molecule has 15 heavy (non-hydrogen) atoms. The van der Waals surface area contributed by atoms with Gasteiger partial charge in [-0.3, -0.25) is 0 Å². The van der Waals surface area contributed by atoms with Crippen molar-refractivity contribution in [2.75, 3.05) is 5.73 Å². The molecular weight excluding hydrogens is 214 g/mol. The van der Waals surface area contributed by atoms with E-state index in [0.717, 1.165) is 0 Å². The third-order valence-electron chi connectivity index (χ3n) is 2.10. The zero-order valence-electron chi connectivity index (χ0n) is 7.85. The van der Waals surface area contributed by atoms with E-state index in [1.165, 1.54) is 6.20 Å². The first-order chi connectivity index (χ1) is 7.18. The molecule has 0 saturated carbocycles. The molecule has 2 aromatic rings. The molecule has 2 rings (SSSR count). The van der Waals surface area contributed by atoms with E-state index < -0.39 is 6.04 Å². The Balaban J connectivity index is 2.41. The Morgan fingerprint density at radius 1 is 1.47 bits per heavy atom. The van der Waals surface area contributed by atoms with Crippen LogP contribution in [0, 0.1) is 0 Å². The summed E-state index contributed by atoms with van der Waals surface area (Å²) in [5, 5.41) is 0.501. The molecule has 0 spiro atoms. The van der Waals surface area contributed by atoms with Gasteiger partial charge >= 0.3 is 0 Å². The van der Waals surface area contributed by atoms with Crippen molar-refractivity contribution in [3.63, 3.8) is 0 Å². The number of nitrogen functional groups attached to an aromatic ring is 1. The van der Waals surface area contributed by atoms with Crippen LogP contribution >= 0.6 is 11.6 Å². The van der Waals surface area contributed by atoms with Crippen LogP contribution in [0.4, 0.5) is 5.82 Å². The van der Waals surface area contributed by atoms with E-state index in [2.05, 4.69) is 4.98 Å². The summed E-state index contributed by atoms with van der Waals surface area (Å²) < 4.78 is 5.19. The van der Waals surface area contributed by atoms with Gasteiger partial charge in [-0.2, -0.15) is 0 Å². The standard InChI is InChI=1S/C10H10ClN3O/c11-6-4-7(10(13)14-5-6)9(12)8-2-1-3-15-8/h1-5,9H,12H2,(H2,13,14). The number of hydrogen-bond donors (Lipinski definition) is 2. The monoisotopic (exact) mass is 223 g/mol. The van der Waals surface area contributed by atoms with Crippen LogP contribution in [-0.4, -0.2) is 4.98 Å². The van der Waals surface area contributed by atoms with Gasteiger partial charge in [0.25, 0.3) is 0 Å². The lowest BCUT2D eigenvalue weighted by Gasteiger charge is -2.11. The number of hydrogen-bond acceptors (Lipinski definition) is 4. The SMILES string of the molecule is Nc1ncc(Cl)cc1C(N)c1ccco1. The fourth-order valence-electron chi connectivity index (χ4n) is 1.34. The van der Waals surface area contributed by atoms with Crippen molar-refractivity contribution in [1.29, 1.82) is 0 Å². The van der Waals surface area contributed by atoms with Crippen LogP contribution in [-0.2, 0) is 0 Å². The van der Waals surface area contributed by atoms with Gasteiger partial charge in [0.05, 0.1) is 17.3 Å². The number of furan rings is 1. The second-order valence-electron chi connectivity index (χ2n) is 3.12. The van der Waals surface area contributed by atoms with E-state index in [1.807, 2.05) is 0 Å². The van der Waals surface area contributed by atoms with Crippen molar-refractivity contribution in [1.82, 2.24) is 4.98 Å². The lowest BCUT2D eigenvalue weighted by atomic mass is 10.1. The van der Waals surface area contributed by atoms with Crippen LogP contribution in [0.3, 0.4) is 0 Å².